The largest absolute Gasteiger partial charge is 1.00 e. The maximum atomic E-state index is 2.47. The fraction of sp³-hybridized carbons (Fsp3) is 0.280. The first kappa shape index (κ1) is 23.4. The van der Waals surface area contributed by atoms with Gasteiger partial charge in [-0.2, -0.15) is 0 Å². The van der Waals surface area contributed by atoms with Crippen molar-refractivity contribution in [2.45, 2.75) is 40.5 Å². The van der Waals surface area contributed by atoms with Gasteiger partial charge in [-0.15, -0.1) is 0 Å². The third-order valence-electron chi connectivity index (χ3n) is 6.74. The fourth-order valence-electron chi connectivity index (χ4n) is 4.98. The molecule has 0 amide bonds. The van der Waals surface area contributed by atoms with Crippen molar-refractivity contribution in [2.24, 2.45) is 5.41 Å². The molecule has 2 unspecified atom stereocenters. The molecule has 143 valence electrons. The zero-order valence-electron chi connectivity index (χ0n) is 17.0. The van der Waals surface area contributed by atoms with Crippen molar-refractivity contribution in [3.8, 4) is 11.1 Å². The molecule has 0 heterocycles. The van der Waals surface area contributed by atoms with Crippen molar-refractivity contribution < 1.29 is 49.5 Å². The van der Waals surface area contributed by atoms with Crippen LogP contribution in [0.4, 0.5) is 0 Å². The van der Waals surface area contributed by atoms with Crippen LogP contribution in [0.1, 0.15) is 51.7 Å². The molecule has 0 spiro atoms. The summed E-state index contributed by atoms with van der Waals surface area (Å²) in [5.74, 6) is 0.447. The van der Waals surface area contributed by atoms with Crippen LogP contribution in [0, 0.1) is 5.41 Å². The molecule has 0 aromatic heterocycles. The molecule has 2 aromatic rings. The van der Waals surface area contributed by atoms with Crippen LogP contribution in [0.25, 0.3) is 17.2 Å². The molecule has 0 saturated carbocycles. The van der Waals surface area contributed by atoms with E-state index < -0.39 is 0 Å². The molecule has 2 aliphatic rings. The molecule has 0 nitrogen and oxygen atoms in total. The number of rotatable bonds is 2. The molecule has 2 aromatic carbocycles. The monoisotopic (exact) mass is 485 g/mol. The average molecular weight is 488 g/mol. The van der Waals surface area contributed by atoms with Crippen LogP contribution >= 0.6 is 0 Å². The van der Waals surface area contributed by atoms with Gasteiger partial charge in [-0.05, 0) is 0 Å². The standard InChI is InChI=1S/C25H25.2ClH.Zr/c1-16-14-23-21(20-10-7-6-8-11-20)12-9-13-22(23)24(16)25(5)15-17(2)18(3)19(25)4;;;/h6-14,24H,1-5H3;2*1H;/q;;;+2/p-2. The van der Waals surface area contributed by atoms with Crippen molar-refractivity contribution in [2.75, 3.05) is 0 Å². The Balaban J connectivity index is 0.00000140. The SMILES string of the molecule is CC1=Cc2c(-c3ccccc3)cccc2C1C1(C)C(C)=C(C)C(C)=[C]1[Zr+2].[Cl-].[Cl-]. The molecular weight excluding hydrogens is 462 g/mol. The van der Waals surface area contributed by atoms with Gasteiger partial charge in [-0.3, -0.25) is 0 Å². The second kappa shape index (κ2) is 8.47. The topological polar surface area (TPSA) is 0 Å². The predicted octanol–water partition coefficient (Wildman–Crippen LogP) is 1.04. The Morgan fingerprint density at radius 2 is 1.46 bits per heavy atom. The van der Waals surface area contributed by atoms with E-state index in [1.165, 1.54) is 39.0 Å². The Labute approximate surface area is 196 Å². The first-order chi connectivity index (χ1) is 12.4. The first-order valence-electron chi connectivity index (χ1n) is 9.35. The van der Waals surface area contributed by atoms with Gasteiger partial charge in [-0.25, -0.2) is 0 Å². The number of halogens is 2. The van der Waals surface area contributed by atoms with Crippen molar-refractivity contribution in [3.63, 3.8) is 0 Å². The van der Waals surface area contributed by atoms with E-state index in [1.807, 2.05) is 0 Å². The summed E-state index contributed by atoms with van der Waals surface area (Å²) in [5, 5.41) is 0. The van der Waals surface area contributed by atoms with Gasteiger partial charge in [0.1, 0.15) is 0 Å². The van der Waals surface area contributed by atoms with Crippen LogP contribution in [0.3, 0.4) is 0 Å². The molecule has 28 heavy (non-hydrogen) atoms. The van der Waals surface area contributed by atoms with Crippen molar-refractivity contribution in [1.82, 2.24) is 0 Å². The minimum Gasteiger partial charge on any atom is -1.00 e. The minimum atomic E-state index is 0. The zero-order valence-corrected chi connectivity index (χ0v) is 21.0. The third kappa shape index (κ3) is 3.24. The summed E-state index contributed by atoms with van der Waals surface area (Å²) in [6, 6.07) is 17.7. The number of fused-ring (bicyclic) bond motifs is 1. The van der Waals surface area contributed by atoms with E-state index in [2.05, 4.69) is 89.2 Å². The molecule has 3 heteroatoms. The number of hydrogen-bond acceptors (Lipinski definition) is 0. The van der Waals surface area contributed by atoms with E-state index in [0.29, 0.717) is 5.92 Å². The van der Waals surface area contributed by atoms with Gasteiger partial charge in [0.15, 0.2) is 0 Å². The van der Waals surface area contributed by atoms with E-state index in [1.54, 1.807) is 33.6 Å². The van der Waals surface area contributed by atoms with Gasteiger partial charge in [-0.1, -0.05) is 0 Å². The molecule has 2 aliphatic carbocycles. The van der Waals surface area contributed by atoms with E-state index in [4.69, 9.17) is 0 Å². The predicted molar refractivity (Wildman–Crippen MR) is 107 cm³/mol. The number of allylic oxidation sites excluding steroid dienone is 5. The Kier molecular flexibility index (Phi) is 7.08. The molecule has 0 N–H and O–H groups in total. The van der Waals surface area contributed by atoms with Crippen LogP contribution < -0.4 is 24.8 Å². The minimum absolute atomic E-state index is 0. The van der Waals surface area contributed by atoms with Crippen molar-refractivity contribution in [1.29, 1.82) is 0 Å². The smallest absolute Gasteiger partial charge is 1.00 e. The van der Waals surface area contributed by atoms with Crippen LogP contribution in [-0.2, 0) is 24.7 Å². The van der Waals surface area contributed by atoms with Crippen LogP contribution in [0.2, 0.25) is 0 Å². The maximum Gasteiger partial charge on any atom is -1.00 e. The van der Waals surface area contributed by atoms with Gasteiger partial charge in [0, 0.05) is 0 Å². The molecule has 0 fully saturated rings. The molecule has 0 radical (unpaired) electrons. The van der Waals surface area contributed by atoms with Crippen molar-refractivity contribution >= 4 is 6.08 Å². The second-order valence-electron chi connectivity index (χ2n) is 7.95. The number of hydrogen-bond donors (Lipinski definition) is 0. The Hall–Kier alpha value is -0.877. The van der Waals surface area contributed by atoms with E-state index >= 15 is 0 Å². The van der Waals surface area contributed by atoms with E-state index in [-0.39, 0.29) is 30.2 Å². The quantitative estimate of drug-likeness (QED) is 0.594. The maximum absolute atomic E-state index is 2.47. The molecule has 0 aliphatic heterocycles. The fourth-order valence-corrected chi connectivity index (χ4v) is 6.26. The summed E-state index contributed by atoms with van der Waals surface area (Å²) in [5.41, 5.74) is 11.8. The van der Waals surface area contributed by atoms with Gasteiger partial charge in [0.2, 0.25) is 0 Å². The number of benzene rings is 2. The van der Waals surface area contributed by atoms with E-state index in [0.717, 1.165) is 0 Å². The van der Waals surface area contributed by atoms with Crippen LogP contribution in [0.5, 0.6) is 0 Å². The second-order valence-corrected chi connectivity index (χ2v) is 9.18. The molecule has 0 saturated heterocycles. The molecule has 0 bridgehead atoms. The van der Waals surface area contributed by atoms with Gasteiger partial charge < -0.3 is 24.8 Å². The van der Waals surface area contributed by atoms with Gasteiger partial charge in [0.25, 0.3) is 0 Å². The summed E-state index contributed by atoms with van der Waals surface area (Å²) in [6.45, 7) is 11.8. The molecule has 2 atom stereocenters. The Bertz CT molecular complexity index is 972. The molecular formula is C25H25Cl2Zr. The summed E-state index contributed by atoms with van der Waals surface area (Å²) < 4.78 is 1.62. The average Bonchev–Trinajstić information content (AvgIpc) is 3.07. The van der Waals surface area contributed by atoms with Crippen LogP contribution in [0.15, 0.2) is 74.1 Å². The summed E-state index contributed by atoms with van der Waals surface area (Å²) >= 11 is 1.55. The van der Waals surface area contributed by atoms with Gasteiger partial charge in [0.05, 0.1) is 0 Å². The summed E-state index contributed by atoms with van der Waals surface area (Å²) in [7, 11) is 0. The Morgan fingerprint density at radius 1 is 0.821 bits per heavy atom. The zero-order chi connectivity index (χ0) is 18.6. The van der Waals surface area contributed by atoms with Crippen molar-refractivity contribution in [3.05, 3.63) is 85.2 Å². The van der Waals surface area contributed by atoms with E-state index in [9.17, 15) is 0 Å². The summed E-state index contributed by atoms with van der Waals surface area (Å²) in [6.07, 6.45) is 2.44. The molecule has 4 rings (SSSR count). The first-order valence-corrected chi connectivity index (χ1v) is 10.6. The Morgan fingerprint density at radius 3 is 2.04 bits per heavy atom. The summed E-state index contributed by atoms with van der Waals surface area (Å²) in [4.78, 5) is 0. The normalized spacial score (nSPS) is 23.2. The van der Waals surface area contributed by atoms with Gasteiger partial charge >= 0.3 is 173 Å². The van der Waals surface area contributed by atoms with Crippen LogP contribution in [-0.4, -0.2) is 0 Å². The third-order valence-corrected chi connectivity index (χ3v) is 8.94.